The summed E-state index contributed by atoms with van der Waals surface area (Å²) in [5, 5.41) is 0. The molecule has 90 valence electrons. The van der Waals surface area contributed by atoms with Crippen molar-refractivity contribution in [2.75, 3.05) is 29.9 Å². The summed E-state index contributed by atoms with van der Waals surface area (Å²) < 4.78 is 42.9. The Labute approximate surface area is 93.5 Å². The van der Waals surface area contributed by atoms with Gasteiger partial charge in [-0.15, -0.1) is 0 Å². The number of benzene rings is 1. The number of nitrogen functional groups attached to an aromatic ring is 1. The number of anilines is 2. The Hall–Kier alpha value is -1.34. The van der Waals surface area contributed by atoms with E-state index >= 15 is 0 Å². The molecule has 0 amide bonds. The van der Waals surface area contributed by atoms with Crippen molar-refractivity contribution in [2.24, 2.45) is 0 Å². The van der Waals surface area contributed by atoms with Crippen molar-refractivity contribution in [2.45, 2.75) is 0 Å². The van der Waals surface area contributed by atoms with E-state index in [1.54, 1.807) is 0 Å². The van der Waals surface area contributed by atoms with Crippen molar-refractivity contribution in [3.05, 3.63) is 24.0 Å². The number of rotatable bonds is 5. The van der Waals surface area contributed by atoms with Crippen molar-refractivity contribution < 1.29 is 17.5 Å². The second-order valence-corrected chi connectivity index (χ2v) is 4.96. The maximum Gasteiger partial charge on any atom is 0.235 e. The summed E-state index contributed by atoms with van der Waals surface area (Å²) in [5.74, 6) is -0.960. The summed E-state index contributed by atoms with van der Waals surface area (Å²) in [6.45, 7) is 0.0314. The number of para-hydroxylation sites is 1. The molecule has 0 aliphatic carbocycles. The van der Waals surface area contributed by atoms with E-state index in [0.29, 0.717) is 0 Å². The Balaban J connectivity index is 2.88. The van der Waals surface area contributed by atoms with Gasteiger partial charge in [-0.3, -0.25) is 4.72 Å². The van der Waals surface area contributed by atoms with Crippen LogP contribution in [0.25, 0.3) is 0 Å². The molecule has 7 heteroatoms. The van der Waals surface area contributed by atoms with E-state index < -0.39 is 15.8 Å². The highest BCUT2D eigenvalue weighted by Crippen LogP contribution is 2.22. The molecule has 0 aliphatic heterocycles. The third-order valence-corrected chi connectivity index (χ3v) is 3.08. The van der Waals surface area contributed by atoms with E-state index in [0.717, 1.165) is 6.07 Å². The lowest BCUT2D eigenvalue weighted by molar-refractivity contribution is 0.217. The summed E-state index contributed by atoms with van der Waals surface area (Å²) in [6, 6.07) is 3.94. The van der Waals surface area contributed by atoms with Gasteiger partial charge in [0.2, 0.25) is 10.0 Å². The van der Waals surface area contributed by atoms with Gasteiger partial charge < -0.3 is 10.5 Å². The fraction of sp³-hybridized carbons (Fsp3) is 0.333. The molecule has 3 N–H and O–H groups in total. The van der Waals surface area contributed by atoms with Crippen LogP contribution >= 0.6 is 0 Å². The van der Waals surface area contributed by atoms with Crippen LogP contribution < -0.4 is 10.5 Å². The Kier molecular flexibility index (Phi) is 4.08. The van der Waals surface area contributed by atoms with Gasteiger partial charge >= 0.3 is 0 Å². The minimum Gasteiger partial charge on any atom is -0.397 e. The number of nitrogens with one attached hydrogen (secondary N) is 1. The van der Waals surface area contributed by atoms with E-state index in [9.17, 15) is 12.8 Å². The second kappa shape index (κ2) is 5.13. The summed E-state index contributed by atoms with van der Waals surface area (Å²) in [7, 11) is -2.25. The number of halogens is 1. The van der Waals surface area contributed by atoms with Crippen molar-refractivity contribution in [1.82, 2.24) is 0 Å². The molecule has 0 atom stereocenters. The van der Waals surface area contributed by atoms with Gasteiger partial charge in [0, 0.05) is 7.11 Å². The summed E-state index contributed by atoms with van der Waals surface area (Å²) in [6.07, 6.45) is 0. The maximum absolute atomic E-state index is 13.3. The highest BCUT2D eigenvalue weighted by Gasteiger charge is 2.14. The zero-order valence-electron chi connectivity index (χ0n) is 8.73. The lowest BCUT2D eigenvalue weighted by atomic mass is 10.3. The molecule has 0 aliphatic rings. The molecule has 5 nitrogen and oxygen atoms in total. The molecule has 0 heterocycles. The first-order valence-electron chi connectivity index (χ1n) is 4.49. The molecule has 1 aromatic carbocycles. The Bertz CT molecular complexity index is 442. The van der Waals surface area contributed by atoms with Crippen molar-refractivity contribution in [3.8, 4) is 0 Å². The molecule has 0 fully saturated rings. The van der Waals surface area contributed by atoms with Crippen LogP contribution in [0.4, 0.5) is 15.8 Å². The standard InChI is InChI=1S/C9H13FN2O3S/c1-15-5-6-16(13,14)12-9-7(10)3-2-4-8(9)11/h2-4,12H,5-6,11H2,1H3. The van der Waals surface area contributed by atoms with Crippen LogP contribution in [0.5, 0.6) is 0 Å². The quantitative estimate of drug-likeness (QED) is 0.755. The van der Waals surface area contributed by atoms with Crippen LogP contribution in [0.2, 0.25) is 0 Å². The smallest absolute Gasteiger partial charge is 0.235 e. The number of ether oxygens (including phenoxy) is 1. The molecule has 0 saturated heterocycles. The van der Waals surface area contributed by atoms with Crippen LogP contribution in [-0.4, -0.2) is 27.9 Å². The minimum absolute atomic E-state index is 0.0314. The van der Waals surface area contributed by atoms with Gasteiger partial charge in [-0.2, -0.15) is 0 Å². The van der Waals surface area contributed by atoms with E-state index in [-0.39, 0.29) is 23.7 Å². The second-order valence-electron chi connectivity index (χ2n) is 3.12. The molecular formula is C9H13FN2O3S. The fourth-order valence-corrected chi connectivity index (χ4v) is 2.06. The van der Waals surface area contributed by atoms with Crippen LogP contribution in [0.3, 0.4) is 0 Å². The highest BCUT2D eigenvalue weighted by molar-refractivity contribution is 7.92. The summed E-state index contributed by atoms with van der Waals surface area (Å²) in [4.78, 5) is 0. The number of hydrogen-bond acceptors (Lipinski definition) is 4. The van der Waals surface area contributed by atoms with Gasteiger partial charge in [-0.05, 0) is 12.1 Å². The predicted molar refractivity (Wildman–Crippen MR) is 60.1 cm³/mol. The maximum atomic E-state index is 13.3. The molecule has 0 aromatic heterocycles. The monoisotopic (exact) mass is 248 g/mol. The number of hydrogen-bond donors (Lipinski definition) is 2. The molecule has 0 spiro atoms. The van der Waals surface area contributed by atoms with Crippen LogP contribution in [0.15, 0.2) is 18.2 Å². The van der Waals surface area contributed by atoms with Gasteiger partial charge in [-0.25, -0.2) is 12.8 Å². The molecule has 0 saturated carbocycles. The Morgan fingerprint density at radius 2 is 2.19 bits per heavy atom. The fourth-order valence-electron chi connectivity index (χ4n) is 1.05. The topological polar surface area (TPSA) is 81.4 Å². The van der Waals surface area contributed by atoms with E-state index in [1.165, 1.54) is 19.2 Å². The molecule has 0 radical (unpaired) electrons. The SMILES string of the molecule is COCCS(=O)(=O)Nc1c(N)cccc1F. The van der Waals surface area contributed by atoms with Gasteiger partial charge in [0.05, 0.1) is 18.0 Å². The molecule has 0 unspecified atom stereocenters. The van der Waals surface area contributed by atoms with E-state index in [1.807, 2.05) is 0 Å². The number of methoxy groups -OCH3 is 1. The average Bonchev–Trinajstić information content (AvgIpc) is 2.21. The normalized spacial score (nSPS) is 11.4. The summed E-state index contributed by atoms with van der Waals surface area (Å²) in [5.41, 5.74) is 5.28. The third kappa shape index (κ3) is 3.35. The Morgan fingerprint density at radius 1 is 1.50 bits per heavy atom. The molecule has 0 bridgehead atoms. The first-order chi connectivity index (χ1) is 7.46. The Morgan fingerprint density at radius 3 is 2.75 bits per heavy atom. The van der Waals surface area contributed by atoms with Crippen molar-refractivity contribution in [3.63, 3.8) is 0 Å². The highest BCUT2D eigenvalue weighted by atomic mass is 32.2. The van der Waals surface area contributed by atoms with Crippen LogP contribution in [-0.2, 0) is 14.8 Å². The lowest BCUT2D eigenvalue weighted by Crippen LogP contribution is -2.21. The number of sulfonamides is 1. The van der Waals surface area contributed by atoms with Crippen molar-refractivity contribution in [1.29, 1.82) is 0 Å². The van der Waals surface area contributed by atoms with Gasteiger partial charge in [0.25, 0.3) is 0 Å². The molecule has 1 aromatic rings. The molecule has 16 heavy (non-hydrogen) atoms. The van der Waals surface area contributed by atoms with Gasteiger partial charge in [0.1, 0.15) is 11.5 Å². The van der Waals surface area contributed by atoms with E-state index in [4.69, 9.17) is 5.73 Å². The minimum atomic E-state index is -3.64. The number of nitrogens with two attached hydrogens (primary N) is 1. The lowest BCUT2D eigenvalue weighted by Gasteiger charge is -2.10. The van der Waals surface area contributed by atoms with Crippen LogP contribution in [0, 0.1) is 5.82 Å². The molecule has 1 rings (SSSR count). The zero-order chi connectivity index (χ0) is 12.2. The van der Waals surface area contributed by atoms with E-state index in [2.05, 4.69) is 9.46 Å². The first kappa shape index (κ1) is 12.7. The zero-order valence-corrected chi connectivity index (χ0v) is 9.55. The predicted octanol–water partition coefficient (Wildman–Crippen LogP) is 0.796. The first-order valence-corrected chi connectivity index (χ1v) is 6.15. The van der Waals surface area contributed by atoms with Gasteiger partial charge in [-0.1, -0.05) is 6.07 Å². The largest absolute Gasteiger partial charge is 0.397 e. The van der Waals surface area contributed by atoms with Crippen molar-refractivity contribution >= 4 is 21.4 Å². The third-order valence-electron chi connectivity index (χ3n) is 1.86. The molecular weight excluding hydrogens is 235 g/mol. The summed E-state index contributed by atoms with van der Waals surface area (Å²) >= 11 is 0. The van der Waals surface area contributed by atoms with Gasteiger partial charge in [0.15, 0.2) is 0 Å². The van der Waals surface area contributed by atoms with Crippen LogP contribution in [0.1, 0.15) is 0 Å². The average molecular weight is 248 g/mol.